The highest BCUT2D eigenvalue weighted by molar-refractivity contribution is 5.87. The van der Waals surface area contributed by atoms with E-state index in [9.17, 15) is 14.4 Å². The smallest absolute Gasteiger partial charge is 0.245 e. The van der Waals surface area contributed by atoms with Crippen molar-refractivity contribution >= 4 is 17.7 Å². The number of carbonyl (C=O) groups excluding carboxylic acids is 3. The zero-order valence-electron chi connectivity index (χ0n) is 19.4. The lowest BCUT2D eigenvalue weighted by Gasteiger charge is -2.33. The predicted octanol–water partition coefficient (Wildman–Crippen LogP) is 0.849. The molecule has 32 heavy (non-hydrogen) atoms. The van der Waals surface area contributed by atoms with Gasteiger partial charge in [0.15, 0.2) is 0 Å². The summed E-state index contributed by atoms with van der Waals surface area (Å²) in [7, 11) is 0. The molecule has 3 unspecified atom stereocenters. The SMILES string of the molecule is C=CC(=O)NC(CC)OCC(N)(COC(CC)NC(=O)C=C)COC(CC)NC(=O)C=C. The molecule has 0 saturated heterocycles. The molecule has 0 saturated carbocycles. The third-order valence-electron chi connectivity index (χ3n) is 4.29. The van der Waals surface area contributed by atoms with Crippen LogP contribution in [-0.2, 0) is 28.6 Å². The second kappa shape index (κ2) is 16.2. The fraction of sp³-hybridized carbons (Fsp3) is 0.591. The Morgan fingerprint density at radius 1 is 0.719 bits per heavy atom. The van der Waals surface area contributed by atoms with Gasteiger partial charge in [0.2, 0.25) is 17.7 Å². The average Bonchev–Trinajstić information content (AvgIpc) is 2.81. The fourth-order valence-electron chi connectivity index (χ4n) is 2.36. The Morgan fingerprint density at radius 2 is 0.969 bits per heavy atom. The molecular weight excluding hydrogens is 416 g/mol. The summed E-state index contributed by atoms with van der Waals surface area (Å²) in [6.07, 6.45) is 3.17. The van der Waals surface area contributed by atoms with E-state index in [1.807, 2.05) is 20.8 Å². The number of amides is 3. The van der Waals surface area contributed by atoms with Crippen LogP contribution in [0.3, 0.4) is 0 Å². The number of carbonyl (C=O) groups is 3. The molecule has 3 amide bonds. The van der Waals surface area contributed by atoms with Gasteiger partial charge in [-0.2, -0.15) is 0 Å². The van der Waals surface area contributed by atoms with Gasteiger partial charge in [-0.05, 0) is 37.5 Å². The van der Waals surface area contributed by atoms with E-state index in [-0.39, 0.29) is 37.5 Å². The zero-order chi connectivity index (χ0) is 24.6. The molecule has 0 aliphatic carbocycles. The predicted molar refractivity (Wildman–Crippen MR) is 122 cm³/mol. The number of rotatable bonds is 18. The molecule has 3 atom stereocenters. The van der Waals surface area contributed by atoms with Gasteiger partial charge < -0.3 is 35.9 Å². The summed E-state index contributed by atoms with van der Waals surface area (Å²) in [6.45, 7) is 15.7. The largest absolute Gasteiger partial charge is 0.356 e. The molecule has 182 valence electrons. The molecule has 0 aromatic rings. The van der Waals surface area contributed by atoms with Crippen LogP contribution in [0.2, 0.25) is 0 Å². The Morgan fingerprint density at radius 3 is 1.16 bits per heavy atom. The van der Waals surface area contributed by atoms with E-state index in [4.69, 9.17) is 19.9 Å². The number of nitrogens with two attached hydrogens (primary N) is 1. The van der Waals surface area contributed by atoms with Crippen LogP contribution in [0.25, 0.3) is 0 Å². The average molecular weight is 455 g/mol. The molecule has 0 aliphatic heterocycles. The van der Waals surface area contributed by atoms with Crippen molar-refractivity contribution in [2.75, 3.05) is 19.8 Å². The molecule has 0 rings (SSSR count). The summed E-state index contributed by atoms with van der Waals surface area (Å²) in [6, 6.07) is 0. The first-order chi connectivity index (χ1) is 15.2. The molecule has 0 aromatic carbocycles. The van der Waals surface area contributed by atoms with Crippen molar-refractivity contribution in [1.82, 2.24) is 16.0 Å². The van der Waals surface area contributed by atoms with Crippen molar-refractivity contribution in [2.24, 2.45) is 5.73 Å². The monoisotopic (exact) mass is 454 g/mol. The maximum absolute atomic E-state index is 11.6. The van der Waals surface area contributed by atoms with Gasteiger partial charge in [0.05, 0.1) is 25.4 Å². The first kappa shape index (κ1) is 29.5. The lowest BCUT2D eigenvalue weighted by molar-refractivity contribution is -0.127. The van der Waals surface area contributed by atoms with Crippen LogP contribution in [0.4, 0.5) is 0 Å². The van der Waals surface area contributed by atoms with Gasteiger partial charge in [-0.15, -0.1) is 0 Å². The molecule has 0 heterocycles. The van der Waals surface area contributed by atoms with Crippen LogP contribution in [0, 0.1) is 0 Å². The molecule has 5 N–H and O–H groups in total. The summed E-state index contributed by atoms with van der Waals surface area (Å²) in [5.41, 5.74) is 5.38. The van der Waals surface area contributed by atoms with E-state index in [0.29, 0.717) is 19.3 Å². The van der Waals surface area contributed by atoms with Gasteiger partial charge in [0, 0.05) is 0 Å². The molecule has 10 nitrogen and oxygen atoms in total. The highest BCUT2D eigenvalue weighted by Gasteiger charge is 2.31. The van der Waals surface area contributed by atoms with Crippen LogP contribution in [0.15, 0.2) is 38.0 Å². The Labute approximate surface area is 190 Å². The normalized spacial score (nSPS) is 15.4. The van der Waals surface area contributed by atoms with E-state index < -0.39 is 24.2 Å². The summed E-state index contributed by atoms with van der Waals surface area (Å²) in [5, 5.41) is 7.97. The summed E-state index contributed by atoms with van der Waals surface area (Å²) < 4.78 is 17.4. The van der Waals surface area contributed by atoms with Crippen molar-refractivity contribution < 1.29 is 28.6 Å². The number of ether oxygens (including phenoxy) is 3. The van der Waals surface area contributed by atoms with Crippen LogP contribution < -0.4 is 21.7 Å². The van der Waals surface area contributed by atoms with Gasteiger partial charge in [0.1, 0.15) is 18.7 Å². The summed E-state index contributed by atoms with van der Waals surface area (Å²) >= 11 is 0. The van der Waals surface area contributed by atoms with Gasteiger partial charge in [-0.1, -0.05) is 40.5 Å². The maximum Gasteiger partial charge on any atom is 0.245 e. The van der Waals surface area contributed by atoms with Crippen molar-refractivity contribution in [3.05, 3.63) is 38.0 Å². The lowest BCUT2D eigenvalue weighted by Crippen LogP contribution is -2.57. The molecule has 0 aliphatic rings. The minimum absolute atomic E-state index is 0.0272. The van der Waals surface area contributed by atoms with Crippen molar-refractivity contribution in [3.8, 4) is 0 Å². The minimum Gasteiger partial charge on any atom is -0.356 e. The Kier molecular flexibility index (Phi) is 14.9. The first-order valence-electron chi connectivity index (χ1n) is 10.6. The van der Waals surface area contributed by atoms with Crippen LogP contribution in [0.5, 0.6) is 0 Å². The Balaban J connectivity index is 5.26. The number of nitrogens with one attached hydrogen (secondary N) is 3. The second-order valence-electron chi connectivity index (χ2n) is 7.12. The van der Waals surface area contributed by atoms with E-state index >= 15 is 0 Å². The Hall–Kier alpha value is -2.53. The standard InChI is InChI=1S/C22H38N4O6/c1-7-16(27)24-19(10-4)30-13-22(23,14-31-20(11-5)25-17(28)8-2)15-32-21(12-6)26-18(29)9-3/h7-9,19-21H,1-3,10-15,23H2,4-6H3,(H,24,27)(H,25,28)(H,26,29). The number of hydrogen-bond acceptors (Lipinski definition) is 7. The fourth-order valence-corrected chi connectivity index (χ4v) is 2.36. The number of hydrogen-bond donors (Lipinski definition) is 4. The highest BCUT2D eigenvalue weighted by Crippen LogP contribution is 2.11. The van der Waals surface area contributed by atoms with Crippen molar-refractivity contribution in [1.29, 1.82) is 0 Å². The zero-order valence-corrected chi connectivity index (χ0v) is 19.4. The molecular formula is C22H38N4O6. The highest BCUT2D eigenvalue weighted by atomic mass is 16.5. The third-order valence-corrected chi connectivity index (χ3v) is 4.29. The van der Waals surface area contributed by atoms with Gasteiger partial charge in [0.25, 0.3) is 0 Å². The Bertz CT molecular complexity index is 556. The topological polar surface area (TPSA) is 141 Å². The summed E-state index contributed by atoms with van der Waals surface area (Å²) in [4.78, 5) is 34.8. The lowest BCUT2D eigenvalue weighted by atomic mass is 10.1. The van der Waals surface area contributed by atoms with E-state index in [2.05, 4.69) is 35.7 Å². The van der Waals surface area contributed by atoms with Gasteiger partial charge >= 0.3 is 0 Å². The van der Waals surface area contributed by atoms with Crippen molar-refractivity contribution in [3.63, 3.8) is 0 Å². The van der Waals surface area contributed by atoms with Crippen molar-refractivity contribution in [2.45, 2.75) is 64.3 Å². The summed E-state index contributed by atoms with van der Waals surface area (Å²) in [5.74, 6) is -1.12. The quantitative estimate of drug-likeness (QED) is 0.178. The van der Waals surface area contributed by atoms with Crippen LogP contribution in [0.1, 0.15) is 40.0 Å². The van der Waals surface area contributed by atoms with E-state index in [1.54, 1.807) is 0 Å². The minimum atomic E-state index is -1.15. The van der Waals surface area contributed by atoms with E-state index in [1.165, 1.54) is 0 Å². The van der Waals surface area contributed by atoms with Gasteiger partial charge in [-0.3, -0.25) is 14.4 Å². The van der Waals surface area contributed by atoms with E-state index in [0.717, 1.165) is 18.2 Å². The third kappa shape index (κ3) is 12.4. The van der Waals surface area contributed by atoms with Crippen LogP contribution >= 0.6 is 0 Å². The van der Waals surface area contributed by atoms with Gasteiger partial charge in [-0.25, -0.2) is 0 Å². The molecule has 0 spiro atoms. The molecule has 0 radical (unpaired) electrons. The maximum atomic E-state index is 11.6. The molecule has 0 bridgehead atoms. The molecule has 0 aromatic heterocycles. The second-order valence-corrected chi connectivity index (χ2v) is 7.12. The molecule has 10 heteroatoms. The first-order valence-corrected chi connectivity index (χ1v) is 10.6. The molecule has 0 fully saturated rings. The van der Waals surface area contributed by atoms with Crippen LogP contribution in [-0.4, -0.2) is 61.8 Å².